The number of hydrogen-bond acceptors (Lipinski definition) is 2. The van der Waals surface area contributed by atoms with Gasteiger partial charge in [-0.25, -0.2) is 4.98 Å². The van der Waals surface area contributed by atoms with Crippen molar-refractivity contribution < 1.29 is 4.79 Å². The number of aromatic nitrogens is 2. The maximum absolute atomic E-state index is 12.9. The molecule has 6 heteroatoms. The van der Waals surface area contributed by atoms with Gasteiger partial charge in [-0.3, -0.25) is 4.79 Å². The van der Waals surface area contributed by atoms with E-state index in [9.17, 15) is 4.79 Å². The SMILES string of the molecule is O=C(c1cc(Cl)cc(Cl)c1)N1CCC[C@@H]1c1nc2ccccc2[nH]1. The molecule has 1 aromatic heterocycles. The molecule has 3 aromatic rings. The number of carbonyl (C=O) groups excluding carboxylic acids is 1. The Morgan fingerprint density at radius 1 is 1.17 bits per heavy atom. The monoisotopic (exact) mass is 359 g/mol. The first-order chi connectivity index (χ1) is 11.6. The Labute approximate surface area is 149 Å². The average Bonchev–Trinajstić information content (AvgIpc) is 3.19. The molecule has 1 fully saturated rings. The fourth-order valence-corrected chi connectivity index (χ4v) is 3.79. The van der Waals surface area contributed by atoms with Crippen LogP contribution in [-0.2, 0) is 0 Å². The number of halogens is 2. The van der Waals surface area contributed by atoms with Crippen LogP contribution in [-0.4, -0.2) is 27.3 Å². The van der Waals surface area contributed by atoms with E-state index in [4.69, 9.17) is 23.2 Å². The summed E-state index contributed by atoms with van der Waals surface area (Å²) < 4.78 is 0. The Hall–Kier alpha value is -2.04. The molecule has 1 aliphatic rings. The molecular formula is C18H15Cl2N3O. The highest BCUT2D eigenvalue weighted by molar-refractivity contribution is 6.35. The molecule has 0 aliphatic carbocycles. The summed E-state index contributed by atoms with van der Waals surface area (Å²) in [5.74, 6) is 0.762. The summed E-state index contributed by atoms with van der Waals surface area (Å²) in [6.45, 7) is 0.699. The third-order valence-corrected chi connectivity index (χ3v) is 4.78. The lowest BCUT2D eigenvalue weighted by molar-refractivity contribution is 0.0730. The number of carbonyl (C=O) groups is 1. The van der Waals surface area contributed by atoms with E-state index < -0.39 is 0 Å². The molecule has 0 saturated carbocycles. The highest BCUT2D eigenvalue weighted by atomic mass is 35.5. The lowest BCUT2D eigenvalue weighted by Gasteiger charge is -2.23. The zero-order valence-corrected chi connectivity index (χ0v) is 14.3. The topological polar surface area (TPSA) is 49.0 Å². The van der Waals surface area contributed by atoms with Gasteiger partial charge in [0.15, 0.2) is 0 Å². The van der Waals surface area contributed by atoms with Crippen LogP contribution in [0.3, 0.4) is 0 Å². The fourth-order valence-electron chi connectivity index (χ4n) is 3.27. The van der Waals surface area contributed by atoms with E-state index in [0.717, 1.165) is 29.7 Å². The van der Waals surface area contributed by atoms with E-state index in [2.05, 4.69) is 9.97 Å². The average molecular weight is 360 g/mol. The number of nitrogens with zero attached hydrogens (tertiary/aromatic N) is 2. The number of amides is 1. The maximum atomic E-state index is 12.9. The summed E-state index contributed by atoms with van der Waals surface area (Å²) in [6.07, 6.45) is 1.83. The van der Waals surface area contributed by atoms with Crippen LogP contribution in [0.15, 0.2) is 42.5 Å². The third kappa shape index (κ3) is 2.76. The van der Waals surface area contributed by atoms with Crippen molar-refractivity contribution in [3.63, 3.8) is 0 Å². The Kier molecular flexibility index (Phi) is 3.94. The number of H-pyrrole nitrogens is 1. The molecule has 0 unspecified atom stereocenters. The van der Waals surface area contributed by atoms with Crippen LogP contribution in [0.4, 0.5) is 0 Å². The molecule has 1 amide bonds. The summed E-state index contributed by atoms with van der Waals surface area (Å²) in [6, 6.07) is 12.8. The van der Waals surface area contributed by atoms with E-state index in [1.54, 1.807) is 18.2 Å². The largest absolute Gasteiger partial charge is 0.340 e. The van der Waals surface area contributed by atoms with Crippen molar-refractivity contribution in [1.29, 1.82) is 0 Å². The zero-order valence-electron chi connectivity index (χ0n) is 12.8. The van der Waals surface area contributed by atoms with Gasteiger partial charge < -0.3 is 9.88 Å². The van der Waals surface area contributed by atoms with Crippen molar-refractivity contribution in [3.8, 4) is 0 Å². The third-order valence-electron chi connectivity index (χ3n) is 4.35. The smallest absolute Gasteiger partial charge is 0.254 e. The number of benzene rings is 2. The highest BCUT2D eigenvalue weighted by Crippen LogP contribution is 2.33. The minimum atomic E-state index is -0.0673. The van der Waals surface area contributed by atoms with Crippen molar-refractivity contribution >= 4 is 40.1 Å². The van der Waals surface area contributed by atoms with Gasteiger partial charge in [0.25, 0.3) is 5.91 Å². The number of aromatic amines is 1. The predicted molar refractivity (Wildman–Crippen MR) is 95.6 cm³/mol. The van der Waals surface area contributed by atoms with Crippen LogP contribution in [0.1, 0.15) is 35.1 Å². The van der Waals surface area contributed by atoms with E-state index in [1.165, 1.54) is 0 Å². The minimum Gasteiger partial charge on any atom is -0.340 e. The zero-order chi connectivity index (χ0) is 16.7. The van der Waals surface area contributed by atoms with E-state index >= 15 is 0 Å². The molecule has 0 radical (unpaired) electrons. The molecule has 0 bridgehead atoms. The molecule has 0 spiro atoms. The number of imidazole rings is 1. The molecule has 4 nitrogen and oxygen atoms in total. The van der Waals surface area contributed by atoms with Gasteiger partial charge in [0.05, 0.1) is 17.1 Å². The second-order valence-corrected chi connectivity index (χ2v) is 6.83. The van der Waals surface area contributed by atoms with E-state index in [1.807, 2.05) is 29.2 Å². The number of fused-ring (bicyclic) bond motifs is 1. The molecule has 122 valence electrons. The van der Waals surface area contributed by atoms with Crippen LogP contribution in [0.2, 0.25) is 10.0 Å². The van der Waals surface area contributed by atoms with Gasteiger partial charge in [0.2, 0.25) is 0 Å². The van der Waals surface area contributed by atoms with Crippen molar-refractivity contribution in [2.24, 2.45) is 0 Å². The molecule has 2 heterocycles. The minimum absolute atomic E-state index is 0.0531. The van der Waals surface area contributed by atoms with E-state index in [-0.39, 0.29) is 11.9 Å². The van der Waals surface area contributed by atoms with Gasteiger partial charge in [-0.1, -0.05) is 35.3 Å². The summed E-state index contributed by atoms with van der Waals surface area (Å²) >= 11 is 12.1. The van der Waals surface area contributed by atoms with Crippen LogP contribution in [0.5, 0.6) is 0 Å². The molecule has 2 aromatic carbocycles. The molecular weight excluding hydrogens is 345 g/mol. The quantitative estimate of drug-likeness (QED) is 0.710. The van der Waals surface area contributed by atoms with Crippen molar-refractivity contribution in [2.75, 3.05) is 6.54 Å². The van der Waals surface area contributed by atoms with Gasteiger partial charge in [-0.2, -0.15) is 0 Å². The number of rotatable bonds is 2. The first kappa shape index (κ1) is 15.5. The Morgan fingerprint density at radius 2 is 1.92 bits per heavy atom. The molecule has 1 atom stereocenters. The maximum Gasteiger partial charge on any atom is 0.254 e. The van der Waals surface area contributed by atoms with Crippen LogP contribution in [0.25, 0.3) is 11.0 Å². The lowest BCUT2D eigenvalue weighted by Crippen LogP contribution is -2.31. The van der Waals surface area contributed by atoms with Gasteiger partial charge >= 0.3 is 0 Å². The number of likely N-dealkylation sites (tertiary alicyclic amines) is 1. The Bertz CT molecular complexity index is 868. The number of hydrogen-bond donors (Lipinski definition) is 1. The summed E-state index contributed by atoms with van der Waals surface area (Å²) in [5.41, 5.74) is 2.41. The van der Waals surface area contributed by atoms with Crippen LogP contribution in [0, 0.1) is 0 Å². The van der Waals surface area contributed by atoms with Crippen molar-refractivity contribution in [2.45, 2.75) is 18.9 Å². The molecule has 1 N–H and O–H groups in total. The predicted octanol–water partition coefficient (Wildman–Crippen LogP) is 4.85. The summed E-state index contributed by atoms with van der Waals surface area (Å²) in [4.78, 5) is 22.8. The second kappa shape index (κ2) is 6.11. The molecule has 4 rings (SSSR count). The number of para-hydroxylation sites is 2. The van der Waals surface area contributed by atoms with Crippen LogP contribution < -0.4 is 0 Å². The standard InChI is InChI=1S/C18H15Cl2N3O/c19-12-8-11(9-13(20)10-12)18(24)23-7-3-6-16(23)17-21-14-4-1-2-5-15(14)22-17/h1-2,4-5,8-10,16H,3,6-7H2,(H,21,22)/t16-/m1/s1. The Morgan fingerprint density at radius 3 is 2.67 bits per heavy atom. The van der Waals surface area contributed by atoms with Gasteiger partial charge in [0.1, 0.15) is 5.82 Å². The van der Waals surface area contributed by atoms with Crippen LogP contribution >= 0.6 is 23.2 Å². The first-order valence-corrected chi connectivity index (χ1v) is 8.59. The highest BCUT2D eigenvalue weighted by Gasteiger charge is 2.32. The fraction of sp³-hybridized carbons (Fsp3) is 0.222. The lowest BCUT2D eigenvalue weighted by atomic mass is 10.1. The normalized spacial score (nSPS) is 17.6. The van der Waals surface area contributed by atoms with Gasteiger partial charge in [0, 0.05) is 22.2 Å². The van der Waals surface area contributed by atoms with Gasteiger partial charge in [-0.05, 0) is 43.2 Å². The van der Waals surface area contributed by atoms with Crippen molar-refractivity contribution in [1.82, 2.24) is 14.9 Å². The van der Waals surface area contributed by atoms with E-state index in [0.29, 0.717) is 22.2 Å². The molecule has 24 heavy (non-hydrogen) atoms. The molecule has 1 aliphatic heterocycles. The summed E-state index contributed by atoms with van der Waals surface area (Å²) in [7, 11) is 0. The molecule has 1 saturated heterocycles. The first-order valence-electron chi connectivity index (χ1n) is 7.83. The second-order valence-electron chi connectivity index (χ2n) is 5.95. The Balaban J connectivity index is 1.68. The summed E-state index contributed by atoms with van der Waals surface area (Å²) in [5, 5.41) is 0.927. The van der Waals surface area contributed by atoms with Gasteiger partial charge in [-0.15, -0.1) is 0 Å². The van der Waals surface area contributed by atoms with Crippen molar-refractivity contribution in [3.05, 3.63) is 63.9 Å². The number of nitrogens with one attached hydrogen (secondary N) is 1.